The fourth-order valence-corrected chi connectivity index (χ4v) is 3.21. The first-order chi connectivity index (χ1) is 12.6. The van der Waals surface area contributed by atoms with Crippen LogP contribution in [-0.2, 0) is 6.54 Å². The molecule has 6 nitrogen and oxygen atoms in total. The maximum absolute atomic E-state index is 13.0. The van der Waals surface area contributed by atoms with Crippen LogP contribution in [0.1, 0.15) is 0 Å². The Kier molecular flexibility index (Phi) is 4.06. The van der Waals surface area contributed by atoms with Crippen LogP contribution in [0.2, 0.25) is 5.02 Å². The number of para-hydroxylation sites is 1. The molecule has 3 heterocycles. The summed E-state index contributed by atoms with van der Waals surface area (Å²) >= 11 is 6.21. The molecule has 0 atom stereocenters. The fourth-order valence-electron chi connectivity index (χ4n) is 2.99. The normalized spacial score (nSPS) is 11.3. The number of pyridine rings is 3. The lowest BCUT2D eigenvalue weighted by atomic mass is 10.2. The van der Waals surface area contributed by atoms with Gasteiger partial charge in [-0.25, -0.2) is 4.98 Å². The van der Waals surface area contributed by atoms with Gasteiger partial charge in [-0.05, 0) is 30.3 Å². The maximum Gasteiger partial charge on any atom is 0.264 e. The quantitative estimate of drug-likeness (QED) is 0.564. The van der Waals surface area contributed by atoms with Crippen molar-refractivity contribution in [3.05, 3.63) is 80.6 Å². The molecule has 26 heavy (non-hydrogen) atoms. The fraction of sp³-hybridized carbons (Fsp3) is 0.105. The van der Waals surface area contributed by atoms with Crippen molar-refractivity contribution >= 4 is 33.4 Å². The first-order valence-electron chi connectivity index (χ1n) is 8.01. The average molecular weight is 368 g/mol. The number of hydrogen-bond donors (Lipinski definition) is 1. The molecule has 0 bridgehead atoms. The van der Waals surface area contributed by atoms with Crippen LogP contribution in [0.4, 0.5) is 0 Å². The summed E-state index contributed by atoms with van der Waals surface area (Å²) in [6.45, 7) is 0.0389. The van der Waals surface area contributed by atoms with E-state index in [-0.39, 0.29) is 24.3 Å². The van der Waals surface area contributed by atoms with Crippen molar-refractivity contribution in [3.63, 3.8) is 0 Å². The molecule has 4 aromatic rings. The Hall–Kier alpha value is -2.96. The summed E-state index contributed by atoms with van der Waals surface area (Å²) in [6, 6.07) is 12.0. The molecule has 0 unspecified atom stereocenters. The second-order valence-electron chi connectivity index (χ2n) is 5.83. The summed E-state index contributed by atoms with van der Waals surface area (Å²) < 4.78 is 2.83. The summed E-state index contributed by atoms with van der Waals surface area (Å²) in [6.07, 6.45) is 3.21. The predicted octanol–water partition coefficient (Wildman–Crippen LogP) is 2.35. The molecule has 1 N–H and O–H groups in total. The Balaban J connectivity index is 2.03. The lowest BCUT2D eigenvalue weighted by molar-refractivity contribution is 0.274. The first kappa shape index (κ1) is 16.5. The molecule has 0 radical (unpaired) electrons. The van der Waals surface area contributed by atoms with Gasteiger partial charge in [0.25, 0.3) is 11.1 Å². The topological polar surface area (TPSA) is 77.1 Å². The third kappa shape index (κ3) is 2.60. The van der Waals surface area contributed by atoms with Crippen LogP contribution in [0.15, 0.2) is 64.4 Å². The zero-order valence-electron chi connectivity index (χ0n) is 13.6. The number of halogens is 1. The number of hydrogen-bond acceptors (Lipinski definition) is 4. The van der Waals surface area contributed by atoms with Crippen LogP contribution in [0.3, 0.4) is 0 Å². The number of nitrogens with zero attached hydrogens (tertiary/aromatic N) is 3. The standard InChI is InChI=1S/C19H14ClN3O3/c20-14-3-1-2-4-17(14)23-8-6-16-13(19(23)26)11-12-15(21-16)5-7-22(9-10-24)18(12)25/h1-8,11,24H,9-10H2. The van der Waals surface area contributed by atoms with Gasteiger partial charge in [0.1, 0.15) is 0 Å². The minimum absolute atomic E-state index is 0.147. The number of fused-ring (bicyclic) bond motifs is 2. The predicted molar refractivity (Wildman–Crippen MR) is 101 cm³/mol. The smallest absolute Gasteiger partial charge is 0.264 e. The van der Waals surface area contributed by atoms with Crippen molar-refractivity contribution in [2.45, 2.75) is 6.54 Å². The Morgan fingerprint density at radius 1 is 0.962 bits per heavy atom. The molecule has 3 aromatic heterocycles. The highest BCUT2D eigenvalue weighted by atomic mass is 35.5. The summed E-state index contributed by atoms with van der Waals surface area (Å²) in [7, 11) is 0. The number of aliphatic hydroxyl groups excluding tert-OH is 1. The van der Waals surface area contributed by atoms with Crippen molar-refractivity contribution < 1.29 is 5.11 Å². The number of benzene rings is 1. The van der Waals surface area contributed by atoms with E-state index in [1.54, 1.807) is 54.9 Å². The third-order valence-corrected chi connectivity index (χ3v) is 4.59. The lowest BCUT2D eigenvalue weighted by Gasteiger charge is -2.10. The zero-order chi connectivity index (χ0) is 18.3. The van der Waals surface area contributed by atoms with Gasteiger partial charge < -0.3 is 9.67 Å². The summed E-state index contributed by atoms with van der Waals surface area (Å²) in [5.41, 5.74) is 0.976. The van der Waals surface area contributed by atoms with Crippen LogP contribution >= 0.6 is 11.6 Å². The van der Waals surface area contributed by atoms with Crippen LogP contribution < -0.4 is 11.1 Å². The molecule has 0 saturated heterocycles. The Morgan fingerprint density at radius 3 is 2.38 bits per heavy atom. The van der Waals surface area contributed by atoms with Gasteiger partial charge in [-0.15, -0.1) is 0 Å². The minimum Gasteiger partial charge on any atom is -0.395 e. The van der Waals surface area contributed by atoms with Crippen LogP contribution in [0.25, 0.3) is 27.5 Å². The first-order valence-corrected chi connectivity index (χ1v) is 8.39. The highest BCUT2D eigenvalue weighted by Gasteiger charge is 2.11. The van der Waals surface area contributed by atoms with Gasteiger partial charge in [-0.3, -0.25) is 14.2 Å². The van der Waals surface area contributed by atoms with Crippen molar-refractivity contribution in [2.24, 2.45) is 0 Å². The summed E-state index contributed by atoms with van der Waals surface area (Å²) in [4.78, 5) is 30.0. The molecular weight excluding hydrogens is 354 g/mol. The van der Waals surface area contributed by atoms with Crippen LogP contribution in [0, 0.1) is 0 Å². The molecule has 0 aliphatic rings. The van der Waals surface area contributed by atoms with E-state index >= 15 is 0 Å². The second-order valence-corrected chi connectivity index (χ2v) is 6.24. The van der Waals surface area contributed by atoms with E-state index in [9.17, 15) is 9.59 Å². The van der Waals surface area contributed by atoms with Crippen LogP contribution in [0.5, 0.6) is 0 Å². The average Bonchev–Trinajstić information content (AvgIpc) is 2.65. The van der Waals surface area contributed by atoms with Gasteiger partial charge in [0.2, 0.25) is 0 Å². The van der Waals surface area contributed by atoms with Gasteiger partial charge in [0, 0.05) is 18.9 Å². The second kappa shape index (κ2) is 6.40. The molecule has 0 saturated carbocycles. The van der Waals surface area contributed by atoms with E-state index in [0.717, 1.165) is 0 Å². The van der Waals surface area contributed by atoms with E-state index in [2.05, 4.69) is 4.98 Å². The molecule has 0 fully saturated rings. The van der Waals surface area contributed by atoms with Crippen molar-refractivity contribution in [2.75, 3.05) is 6.61 Å². The van der Waals surface area contributed by atoms with E-state index in [1.165, 1.54) is 9.13 Å². The molecule has 0 amide bonds. The van der Waals surface area contributed by atoms with Crippen molar-refractivity contribution in [1.82, 2.24) is 14.1 Å². The van der Waals surface area contributed by atoms with Crippen LogP contribution in [-0.4, -0.2) is 25.8 Å². The Bertz CT molecular complexity index is 1260. The van der Waals surface area contributed by atoms with E-state index in [1.807, 2.05) is 0 Å². The van der Waals surface area contributed by atoms with Crippen molar-refractivity contribution in [3.8, 4) is 5.69 Å². The van der Waals surface area contributed by atoms with Gasteiger partial charge in [0.15, 0.2) is 0 Å². The SMILES string of the molecule is O=c1c2cc3c(=O)n(-c4ccccc4Cl)ccc3nc2ccn1CCO. The van der Waals surface area contributed by atoms with Gasteiger partial charge in [-0.1, -0.05) is 23.7 Å². The highest BCUT2D eigenvalue weighted by Crippen LogP contribution is 2.20. The van der Waals surface area contributed by atoms with E-state index < -0.39 is 0 Å². The van der Waals surface area contributed by atoms with E-state index in [4.69, 9.17) is 16.7 Å². The Morgan fingerprint density at radius 2 is 1.65 bits per heavy atom. The zero-order valence-corrected chi connectivity index (χ0v) is 14.3. The largest absolute Gasteiger partial charge is 0.395 e. The molecule has 0 aliphatic heterocycles. The monoisotopic (exact) mass is 367 g/mol. The van der Waals surface area contributed by atoms with Crippen molar-refractivity contribution in [1.29, 1.82) is 0 Å². The Labute approximate surface area is 152 Å². The summed E-state index contributed by atoms with van der Waals surface area (Å²) in [5.74, 6) is 0. The van der Waals surface area contributed by atoms with E-state index in [0.29, 0.717) is 32.5 Å². The molecular formula is C19H14ClN3O3. The number of aliphatic hydroxyl groups is 1. The molecule has 4 rings (SSSR count). The maximum atomic E-state index is 13.0. The lowest BCUT2D eigenvalue weighted by Crippen LogP contribution is -2.22. The third-order valence-electron chi connectivity index (χ3n) is 4.27. The van der Waals surface area contributed by atoms with Gasteiger partial charge >= 0.3 is 0 Å². The minimum atomic E-state index is -0.304. The number of rotatable bonds is 3. The highest BCUT2D eigenvalue weighted by molar-refractivity contribution is 6.32. The molecule has 1 aromatic carbocycles. The van der Waals surface area contributed by atoms with Gasteiger partial charge in [-0.2, -0.15) is 0 Å². The summed E-state index contributed by atoms with van der Waals surface area (Å²) in [5, 5.41) is 10.2. The molecule has 130 valence electrons. The molecule has 7 heteroatoms. The number of aromatic nitrogens is 3. The molecule has 0 spiro atoms. The van der Waals surface area contributed by atoms with Gasteiger partial charge in [0.05, 0.1) is 39.1 Å². The molecule has 0 aliphatic carbocycles.